The van der Waals surface area contributed by atoms with Gasteiger partial charge in [0, 0.05) is 26.0 Å². The van der Waals surface area contributed by atoms with E-state index in [1.807, 2.05) is 23.7 Å². The van der Waals surface area contributed by atoms with E-state index in [0.717, 1.165) is 12.4 Å². The van der Waals surface area contributed by atoms with E-state index in [4.69, 9.17) is 14.2 Å². The molecule has 0 amide bonds. The summed E-state index contributed by atoms with van der Waals surface area (Å²) in [7, 11) is 1.64. The molecule has 0 aliphatic heterocycles. The number of nitrogens with zero attached hydrogens (tertiary/aromatic N) is 3. The Kier molecular flexibility index (Phi) is 5.57. The average Bonchev–Trinajstić information content (AvgIpc) is 2.91. The van der Waals surface area contributed by atoms with Gasteiger partial charge in [0.1, 0.15) is 12.4 Å². The second-order valence-corrected chi connectivity index (χ2v) is 4.07. The lowest BCUT2D eigenvalue weighted by molar-refractivity contribution is 0.0539. The fraction of sp³-hybridized carbons (Fsp3) is 0.538. The molecule has 20 heavy (non-hydrogen) atoms. The number of hydrogen-bond acceptors (Lipinski definition) is 6. The van der Waals surface area contributed by atoms with Gasteiger partial charge in [0.2, 0.25) is 5.65 Å². The van der Waals surface area contributed by atoms with Crippen LogP contribution in [0, 0.1) is 0 Å². The zero-order chi connectivity index (χ0) is 14.2. The van der Waals surface area contributed by atoms with Gasteiger partial charge in [-0.15, -0.1) is 0 Å². The van der Waals surface area contributed by atoms with Crippen LogP contribution in [0.5, 0.6) is 5.88 Å². The van der Waals surface area contributed by atoms with E-state index in [0.29, 0.717) is 38.0 Å². The minimum atomic E-state index is 0.425. The molecule has 0 aliphatic rings. The highest BCUT2D eigenvalue weighted by atomic mass is 16.5. The fourth-order valence-electron chi connectivity index (χ4n) is 1.71. The number of aromatic nitrogens is 3. The number of rotatable bonds is 9. The first-order valence-electron chi connectivity index (χ1n) is 6.62. The predicted molar refractivity (Wildman–Crippen MR) is 75.3 cm³/mol. The second kappa shape index (κ2) is 7.66. The Hall–Kier alpha value is -1.86. The van der Waals surface area contributed by atoms with E-state index in [9.17, 15) is 0 Å². The molecule has 2 aromatic heterocycles. The van der Waals surface area contributed by atoms with E-state index >= 15 is 0 Å². The predicted octanol–water partition coefficient (Wildman–Crippen LogP) is 1.20. The molecule has 0 radical (unpaired) electrons. The third kappa shape index (κ3) is 3.82. The molecule has 1 N–H and O–H groups in total. The van der Waals surface area contributed by atoms with Crippen LogP contribution in [0.3, 0.4) is 0 Å². The van der Waals surface area contributed by atoms with Crippen molar-refractivity contribution in [2.75, 3.05) is 45.4 Å². The van der Waals surface area contributed by atoms with E-state index in [-0.39, 0.29) is 0 Å². The number of fused-ring (bicyclic) bond motifs is 1. The van der Waals surface area contributed by atoms with Crippen molar-refractivity contribution < 1.29 is 14.2 Å². The molecule has 0 saturated carbocycles. The van der Waals surface area contributed by atoms with Crippen molar-refractivity contribution in [1.82, 2.24) is 14.4 Å². The minimum Gasteiger partial charge on any atom is -0.473 e. The molecular formula is C13H20N4O3. The van der Waals surface area contributed by atoms with Crippen molar-refractivity contribution in [3.63, 3.8) is 0 Å². The zero-order valence-electron chi connectivity index (χ0n) is 11.8. The summed E-state index contributed by atoms with van der Waals surface area (Å²) in [5.74, 6) is 1.26. The maximum Gasteiger partial charge on any atom is 0.260 e. The van der Waals surface area contributed by atoms with E-state index in [1.54, 1.807) is 13.3 Å². The highest BCUT2D eigenvalue weighted by molar-refractivity contribution is 5.53. The van der Waals surface area contributed by atoms with Crippen LogP contribution in [0.2, 0.25) is 0 Å². The highest BCUT2D eigenvalue weighted by Crippen LogP contribution is 2.18. The Morgan fingerprint density at radius 2 is 2.10 bits per heavy atom. The van der Waals surface area contributed by atoms with Crippen LogP contribution < -0.4 is 10.1 Å². The lowest BCUT2D eigenvalue weighted by atomic mass is 10.5. The first-order chi connectivity index (χ1) is 9.85. The molecule has 0 aromatic carbocycles. The van der Waals surface area contributed by atoms with Crippen molar-refractivity contribution in [2.24, 2.45) is 0 Å². The van der Waals surface area contributed by atoms with Gasteiger partial charge < -0.3 is 19.5 Å². The summed E-state index contributed by atoms with van der Waals surface area (Å²) in [5.41, 5.74) is 0.698. The number of hydrogen-bond donors (Lipinski definition) is 1. The number of methoxy groups -OCH3 is 1. The van der Waals surface area contributed by atoms with Gasteiger partial charge in [0.05, 0.1) is 26.0 Å². The number of nitrogens with one attached hydrogen (secondary N) is 1. The van der Waals surface area contributed by atoms with Gasteiger partial charge in [-0.3, -0.25) is 4.40 Å². The Morgan fingerprint density at radius 1 is 1.25 bits per heavy atom. The highest BCUT2D eigenvalue weighted by Gasteiger charge is 2.08. The molecule has 0 spiro atoms. The van der Waals surface area contributed by atoms with Gasteiger partial charge in [0.25, 0.3) is 5.88 Å². The number of anilines is 1. The maximum atomic E-state index is 5.64. The maximum absolute atomic E-state index is 5.64. The lowest BCUT2D eigenvalue weighted by Gasteiger charge is -2.10. The molecule has 0 bridgehead atoms. The molecule has 2 aromatic rings. The van der Waals surface area contributed by atoms with Crippen LogP contribution in [-0.4, -0.2) is 54.5 Å². The van der Waals surface area contributed by atoms with Crippen molar-refractivity contribution in [1.29, 1.82) is 0 Å². The molecule has 0 atom stereocenters. The van der Waals surface area contributed by atoms with Crippen LogP contribution in [0.4, 0.5) is 5.82 Å². The summed E-state index contributed by atoms with van der Waals surface area (Å²) in [6, 6.07) is 0. The van der Waals surface area contributed by atoms with Crippen LogP contribution in [0.25, 0.3) is 5.65 Å². The van der Waals surface area contributed by atoms with E-state index in [1.165, 1.54) is 0 Å². The summed E-state index contributed by atoms with van der Waals surface area (Å²) in [6.07, 6.45) is 5.46. The Labute approximate surface area is 117 Å². The van der Waals surface area contributed by atoms with Crippen LogP contribution in [-0.2, 0) is 9.47 Å². The fourth-order valence-corrected chi connectivity index (χ4v) is 1.71. The Balaban J connectivity index is 1.95. The molecule has 2 rings (SSSR count). The summed E-state index contributed by atoms with van der Waals surface area (Å²) < 4.78 is 17.8. The summed E-state index contributed by atoms with van der Waals surface area (Å²) in [5, 5.41) is 3.16. The number of ether oxygens (including phenoxy) is 3. The van der Waals surface area contributed by atoms with Crippen LogP contribution in [0.1, 0.15) is 6.92 Å². The molecule has 110 valence electrons. The summed E-state index contributed by atoms with van der Waals surface area (Å²) in [6.45, 7) is 4.87. The van der Waals surface area contributed by atoms with Crippen LogP contribution in [0.15, 0.2) is 18.6 Å². The van der Waals surface area contributed by atoms with Gasteiger partial charge in [-0.25, -0.2) is 4.98 Å². The SMILES string of the molecule is CCNc1cn2ccnc2c(OCCOCCOC)n1. The Morgan fingerprint density at radius 3 is 2.90 bits per heavy atom. The molecule has 0 unspecified atom stereocenters. The van der Waals surface area contributed by atoms with Gasteiger partial charge in [0.15, 0.2) is 0 Å². The molecule has 7 nitrogen and oxygen atoms in total. The minimum absolute atomic E-state index is 0.425. The lowest BCUT2D eigenvalue weighted by Crippen LogP contribution is -2.12. The van der Waals surface area contributed by atoms with Gasteiger partial charge in [-0.2, -0.15) is 4.98 Å². The first-order valence-corrected chi connectivity index (χ1v) is 6.62. The quantitative estimate of drug-likeness (QED) is 0.696. The molecule has 0 fully saturated rings. The molecule has 2 heterocycles. The molecule has 0 aliphatic carbocycles. The normalized spacial score (nSPS) is 10.9. The molecule has 0 saturated heterocycles. The Bertz CT molecular complexity index is 529. The van der Waals surface area contributed by atoms with E-state index in [2.05, 4.69) is 15.3 Å². The number of imidazole rings is 1. The standard InChI is InChI=1S/C13H20N4O3/c1-3-14-11-10-17-5-4-15-12(17)13(16-11)20-9-8-19-7-6-18-2/h4-5,10,14H,3,6-9H2,1-2H3. The van der Waals surface area contributed by atoms with Crippen molar-refractivity contribution >= 4 is 11.5 Å². The smallest absolute Gasteiger partial charge is 0.260 e. The molecule has 7 heteroatoms. The molecular weight excluding hydrogens is 260 g/mol. The third-order valence-electron chi connectivity index (χ3n) is 2.60. The average molecular weight is 280 g/mol. The second-order valence-electron chi connectivity index (χ2n) is 4.07. The third-order valence-corrected chi connectivity index (χ3v) is 2.60. The summed E-state index contributed by atoms with van der Waals surface area (Å²) >= 11 is 0. The first kappa shape index (κ1) is 14.5. The summed E-state index contributed by atoms with van der Waals surface area (Å²) in [4.78, 5) is 8.64. The van der Waals surface area contributed by atoms with Crippen molar-refractivity contribution in [3.05, 3.63) is 18.6 Å². The van der Waals surface area contributed by atoms with Gasteiger partial charge in [-0.1, -0.05) is 0 Å². The van der Waals surface area contributed by atoms with Crippen LogP contribution >= 0.6 is 0 Å². The van der Waals surface area contributed by atoms with Gasteiger partial charge >= 0.3 is 0 Å². The topological polar surface area (TPSA) is 69.9 Å². The largest absolute Gasteiger partial charge is 0.473 e. The van der Waals surface area contributed by atoms with Gasteiger partial charge in [-0.05, 0) is 6.92 Å². The van der Waals surface area contributed by atoms with Crippen molar-refractivity contribution in [2.45, 2.75) is 6.92 Å². The monoisotopic (exact) mass is 280 g/mol. The van der Waals surface area contributed by atoms with Crippen molar-refractivity contribution in [3.8, 4) is 5.88 Å². The zero-order valence-corrected chi connectivity index (χ0v) is 11.8. The van der Waals surface area contributed by atoms with E-state index < -0.39 is 0 Å².